The molecular weight excluding hydrogens is 384 g/mol. The van der Waals surface area contributed by atoms with Crippen molar-refractivity contribution >= 4 is 38.3 Å². The molecule has 0 aliphatic heterocycles. The Morgan fingerprint density at radius 3 is 2.59 bits per heavy atom. The van der Waals surface area contributed by atoms with Crippen molar-refractivity contribution in [2.24, 2.45) is 7.05 Å². The quantitative estimate of drug-likeness (QED) is 0.561. The van der Waals surface area contributed by atoms with Gasteiger partial charge in [0.2, 0.25) is 0 Å². The molecule has 0 spiro atoms. The molecule has 27 heavy (non-hydrogen) atoms. The van der Waals surface area contributed by atoms with E-state index in [1.807, 2.05) is 12.1 Å². The molecule has 4 rings (SSSR count). The zero-order valence-corrected chi connectivity index (χ0v) is 15.9. The summed E-state index contributed by atoms with van der Waals surface area (Å²) in [6, 6.07) is 16.9. The van der Waals surface area contributed by atoms with Crippen molar-refractivity contribution < 1.29 is 8.42 Å². The van der Waals surface area contributed by atoms with Crippen molar-refractivity contribution in [1.82, 2.24) is 14.8 Å². The van der Waals surface area contributed by atoms with E-state index in [1.54, 1.807) is 54.3 Å². The Labute approximate surface area is 161 Å². The average Bonchev–Trinajstić information content (AvgIpc) is 3.01. The highest BCUT2D eigenvalue weighted by molar-refractivity contribution is 7.92. The minimum Gasteiger partial charge on any atom is -0.279 e. The van der Waals surface area contributed by atoms with Gasteiger partial charge in [0.1, 0.15) is 5.69 Å². The number of fused-ring (bicyclic) bond motifs is 1. The van der Waals surface area contributed by atoms with E-state index in [9.17, 15) is 8.42 Å². The normalized spacial score (nSPS) is 11.6. The molecule has 0 fully saturated rings. The molecule has 6 nitrogen and oxygen atoms in total. The van der Waals surface area contributed by atoms with E-state index in [-0.39, 0.29) is 4.90 Å². The zero-order chi connectivity index (χ0) is 19.0. The lowest BCUT2D eigenvalue weighted by Crippen LogP contribution is -2.13. The molecule has 1 N–H and O–H groups in total. The first kappa shape index (κ1) is 17.5. The van der Waals surface area contributed by atoms with E-state index in [4.69, 9.17) is 11.6 Å². The predicted molar refractivity (Wildman–Crippen MR) is 106 cm³/mol. The summed E-state index contributed by atoms with van der Waals surface area (Å²) in [6.07, 6.45) is 1.69. The largest absolute Gasteiger partial charge is 0.279 e. The number of hydrogen-bond acceptors (Lipinski definition) is 4. The third kappa shape index (κ3) is 3.27. The average molecular weight is 399 g/mol. The SMILES string of the molecule is Cn1nc(-c2cc(Cl)ccc2NS(=O)(=O)c2ccccc2)c2cccnc21. The third-order valence-electron chi connectivity index (χ3n) is 4.13. The van der Waals surface area contributed by atoms with Gasteiger partial charge in [-0.3, -0.25) is 4.72 Å². The Morgan fingerprint density at radius 1 is 1.04 bits per heavy atom. The van der Waals surface area contributed by atoms with Gasteiger partial charge in [0.25, 0.3) is 10.0 Å². The van der Waals surface area contributed by atoms with Crippen LogP contribution in [0.25, 0.3) is 22.3 Å². The first-order chi connectivity index (χ1) is 13.0. The van der Waals surface area contributed by atoms with Crippen molar-refractivity contribution in [3.8, 4) is 11.3 Å². The highest BCUT2D eigenvalue weighted by Gasteiger charge is 2.20. The van der Waals surface area contributed by atoms with Crippen molar-refractivity contribution in [3.63, 3.8) is 0 Å². The van der Waals surface area contributed by atoms with Crippen LogP contribution in [-0.4, -0.2) is 23.2 Å². The number of rotatable bonds is 4. The van der Waals surface area contributed by atoms with Crippen LogP contribution in [-0.2, 0) is 17.1 Å². The van der Waals surface area contributed by atoms with Crippen molar-refractivity contribution in [1.29, 1.82) is 0 Å². The van der Waals surface area contributed by atoms with E-state index in [1.165, 1.54) is 12.1 Å². The lowest BCUT2D eigenvalue weighted by Gasteiger charge is -2.12. The number of halogens is 1. The molecule has 0 atom stereocenters. The maximum absolute atomic E-state index is 12.8. The second-order valence-corrected chi connectivity index (χ2v) is 8.07. The molecule has 2 aromatic heterocycles. The topological polar surface area (TPSA) is 76.9 Å². The second kappa shape index (κ2) is 6.68. The summed E-state index contributed by atoms with van der Waals surface area (Å²) in [5, 5.41) is 5.81. The van der Waals surface area contributed by atoms with E-state index >= 15 is 0 Å². The fourth-order valence-electron chi connectivity index (χ4n) is 2.89. The lowest BCUT2D eigenvalue weighted by molar-refractivity contribution is 0.601. The summed E-state index contributed by atoms with van der Waals surface area (Å²) in [5.74, 6) is 0. The molecule has 0 unspecified atom stereocenters. The maximum Gasteiger partial charge on any atom is 0.261 e. The van der Waals surface area contributed by atoms with E-state index in [2.05, 4.69) is 14.8 Å². The van der Waals surface area contributed by atoms with Gasteiger partial charge >= 0.3 is 0 Å². The zero-order valence-electron chi connectivity index (χ0n) is 14.3. The van der Waals surface area contributed by atoms with Gasteiger partial charge in [-0.1, -0.05) is 29.8 Å². The van der Waals surface area contributed by atoms with Gasteiger partial charge < -0.3 is 0 Å². The molecule has 4 aromatic rings. The molecule has 0 radical (unpaired) electrons. The van der Waals surface area contributed by atoms with Gasteiger partial charge in [-0.2, -0.15) is 5.10 Å². The smallest absolute Gasteiger partial charge is 0.261 e. The molecular formula is C19H15ClN4O2S. The number of sulfonamides is 1. The Balaban J connectivity index is 1.87. The first-order valence-electron chi connectivity index (χ1n) is 8.11. The van der Waals surface area contributed by atoms with Gasteiger partial charge in [-0.05, 0) is 42.5 Å². The minimum atomic E-state index is -3.75. The fourth-order valence-corrected chi connectivity index (χ4v) is 4.17. The standard InChI is InChI=1S/C19H15ClN4O2S/c1-24-19-15(8-5-11-21-19)18(22-24)16-12-13(20)9-10-17(16)23-27(25,26)14-6-3-2-4-7-14/h2-12,23H,1H3. The van der Waals surface area contributed by atoms with Crippen molar-refractivity contribution in [3.05, 3.63) is 71.9 Å². The number of aryl methyl sites for hydroxylation is 1. The number of nitrogens with zero attached hydrogens (tertiary/aromatic N) is 3. The Morgan fingerprint density at radius 2 is 1.81 bits per heavy atom. The summed E-state index contributed by atoms with van der Waals surface area (Å²) in [4.78, 5) is 4.51. The van der Waals surface area contributed by atoms with Crippen LogP contribution in [0, 0.1) is 0 Å². The van der Waals surface area contributed by atoms with Crippen LogP contribution < -0.4 is 4.72 Å². The van der Waals surface area contributed by atoms with Crippen LogP contribution in [0.5, 0.6) is 0 Å². The number of pyridine rings is 1. The number of anilines is 1. The molecule has 0 saturated heterocycles. The van der Waals surface area contributed by atoms with Gasteiger partial charge in [0, 0.05) is 29.2 Å². The fraction of sp³-hybridized carbons (Fsp3) is 0.0526. The third-order valence-corrected chi connectivity index (χ3v) is 5.75. The molecule has 0 amide bonds. The van der Waals surface area contributed by atoms with Crippen LogP contribution in [0.2, 0.25) is 5.02 Å². The summed E-state index contributed by atoms with van der Waals surface area (Å²) in [6.45, 7) is 0. The maximum atomic E-state index is 12.8. The summed E-state index contributed by atoms with van der Waals surface area (Å²) in [7, 11) is -1.96. The van der Waals surface area contributed by atoms with E-state index in [0.717, 1.165) is 5.39 Å². The Kier molecular flexibility index (Phi) is 4.33. The van der Waals surface area contributed by atoms with Crippen LogP contribution >= 0.6 is 11.6 Å². The Bertz CT molecular complexity index is 1240. The number of benzene rings is 2. The van der Waals surface area contributed by atoms with Crippen LogP contribution in [0.3, 0.4) is 0 Å². The number of aromatic nitrogens is 3. The van der Waals surface area contributed by atoms with Crippen molar-refractivity contribution in [2.75, 3.05) is 4.72 Å². The molecule has 0 aliphatic carbocycles. The molecule has 2 aromatic carbocycles. The number of nitrogens with one attached hydrogen (secondary N) is 1. The lowest BCUT2D eigenvalue weighted by atomic mass is 10.1. The number of hydrogen-bond donors (Lipinski definition) is 1. The highest BCUT2D eigenvalue weighted by atomic mass is 35.5. The second-order valence-electron chi connectivity index (χ2n) is 5.96. The van der Waals surface area contributed by atoms with Crippen molar-refractivity contribution in [2.45, 2.75) is 4.90 Å². The summed E-state index contributed by atoms with van der Waals surface area (Å²) < 4.78 is 29.8. The first-order valence-corrected chi connectivity index (χ1v) is 9.97. The molecule has 136 valence electrons. The van der Waals surface area contributed by atoms with Gasteiger partial charge in [-0.25, -0.2) is 18.1 Å². The molecule has 8 heteroatoms. The van der Waals surface area contributed by atoms with Crippen LogP contribution in [0.1, 0.15) is 0 Å². The molecule has 0 aliphatic rings. The van der Waals surface area contributed by atoms with Gasteiger partial charge in [-0.15, -0.1) is 0 Å². The van der Waals surface area contributed by atoms with E-state index in [0.29, 0.717) is 27.6 Å². The highest BCUT2D eigenvalue weighted by Crippen LogP contribution is 2.35. The summed E-state index contributed by atoms with van der Waals surface area (Å²) in [5.41, 5.74) is 2.28. The monoisotopic (exact) mass is 398 g/mol. The van der Waals surface area contributed by atoms with Gasteiger partial charge in [0.15, 0.2) is 5.65 Å². The van der Waals surface area contributed by atoms with Crippen LogP contribution in [0.15, 0.2) is 71.8 Å². The molecule has 0 saturated carbocycles. The molecule has 2 heterocycles. The van der Waals surface area contributed by atoms with Crippen LogP contribution in [0.4, 0.5) is 5.69 Å². The van der Waals surface area contributed by atoms with Gasteiger partial charge in [0.05, 0.1) is 10.6 Å². The molecule has 0 bridgehead atoms. The Hall–Kier alpha value is -2.90. The summed E-state index contributed by atoms with van der Waals surface area (Å²) >= 11 is 6.19. The minimum absolute atomic E-state index is 0.179. The van der Waals surface area contributed by atoms with E-state index < -0.39 is 10.0 Å². The predicted octanol–water partition coefficient (Wildman–Crippen LogP) is 4.09.